The number of unbranched alkanes of at least 4 members (excludes halogenated alkanes) is 5. The molecule has 0 aromatic heterocycles. The van der Waals surface area contributed by atoms with Gasteiger partial charge in [-0.15, -0.1) is 0 Å². The van der Waals surface area contributed by atoms with Crippen LogP contribution in [0.5, 0.6) is 0 Å². The summed E-state index contributed by atoms with van der Waals surface area (Å²) in [6.07, 6.45) is 11.5. The van der Waals surface area contributed by atoms with Crippen molar-refractivity contribution in [3.63, 3.8) is 0 Å². The van der Waals surface area contributed by atoms with E-state index in [0.29, 0.717) is 18.8 Å². The number of nitriles is 1. The Hall–Kier alpha value is -3.67. The summed E-state index contributed by atoms with van der Waals surface area (Å²) in [5.74, 6) is -1.47. The number of methoxy groups -OCH3 is 1. The lowest BCUT2D eigenvalue weighted by molar-refractivity contribution is -0.138. The molecule has 0 atom stereocenters. The third-order valence-electron chi connectivity index (χ3n) is 3.73. The largest absolute Gasteiger partial charge is 0.466 e. The fourth-order valence-corrected chi connectivity index (χ4v) is 1.74. The summed E-state index contributed by atoms with van der Waals surface area (Å²) in [5, 5.41) is 7.98. The van der Waals surface area contributed by atoms with E-state index in [0.717, 1.165) is 31.8 Å². The normalized spacial score (nSPS) is 8.41. The summed E-state index contributed by atoms with van der Waals surface area (Å²) >= 11 is 0. The van der Waals surface area contributed by atoms with Gasteiger partial charge < -0.3 is 18.9 Å². The van der Waals surface area contributed by atoms with Gasteiger partial charge in [-0.05, 0) is 19.8 Å². The maximum Gasteiger partial charge on any atom is 0.332 e. The molecule has 210 valence electrons. The van der Waals surface area contributed by atoms with Crippen LogP contribution in [0.4, 0.5) is 0 Å². The maximum absolute atomic E-state index is 10.6. The van der Waals surface area contributed by atoms with E-state index in [-0.39, 0.29) is 30.9 Å². The van der Waals surface area contributed by atoms with Crippen LogP contribution in [0.25, 0.3) is 0 Å². The van der Waals surface area contributed by atoms with Crippen molar-refractivity contribution >= 4 is 23.9 Å². The quantitative estimate of drug-likeness (QED) is 0.117. The molecule has 0 bridgehead atoms. The van der Waals surface area contributed by atoms with Crippen LogP contribution in [0, 0.1) is 11.3 Å². The Morgan fingerprint density at radius 3 is 1.46 bits per heavy atom. The van der Waals surface area contributed by atoms with Crippen LogP contribution >= 0.6 is 0 Å². The molecule has 0 radical (unpaired) electrons. The first-order valence-corrected chi connectivity index (χ1v) is 12.1. The van der Waals surface area contributed by atoms with Gasteiger partial charge in [0, 0.05) is 23.8 Å². The van der Waals surface area contributed by atoms with Crippen molar-refractivity contribution in [3.8, 4) is 6.07 Å². The number of hydrogen-bond donors (Lipinski definition) is 0. The third-order valence-corrected chi connectivity index (χ3v) is 3.73. The molecule has 0 aromatic rings. The van der Waals surface area contributed by atoms with Gasteiger partial charge >= 0.3 is 23.9 Å². The monoisotopic (exact) mass is 523 g/mol. The molecule has 0 heterocycles. The molecule has 0 saturated carbocycles. The summed E-state index contributed by atoms with van der Waals surface area (Å²) in [6, 6.07) is 1.84. The first kappa shape index (κ1) is 40.5. The second kappa shape index (κ2) is 34.5. The first-order chi connectivity index (χ1) is 17.6. The maximum atomic E-state index is 10.6. The van der Waals surface area contributed by atoms with E-state index in [4.69, 9.17) is 10.00 Å². The molecular formula is C28H45NO8. The second-order valence-corrected chi connectivity index (χ2v) is 7.06. The van der Waals surface area contributed by atoms with E-state index < -0.39 is 5.97 Å². The second-order valence-electron chi connectivity index (χ2n) is 7.06. The molecule has 0 saturated heterocycles. The molecule has 0 fully saturated rings. The highest BCUT2D eigenvalue weighted by molar-refractivity contribution is 5.86. The van der Waals surface area contributed by atoms with Crippen molar-refractivity contribution in [3.05, 3.63) is 50.1 Å². The van der Waals surface area contributed by atoms with Gasteiger partial charge in [0.15, 0.2) is 0 Å². The summed E-state index contributed by atoms with van der Waals surface area (Å²) in [6.45, 7) is 20.1. The first-order valence-electron chi connectivity index (χ1n) is 12.1. The molecule has 0 aromatic carbocycles. The molecule has 0 unspecified atom stereocenters. The molecule has 0 N–H and O–H groups in total. The Morgan fingerprint density at radius 1 is 0.730 bits per heavy atom. The number of hydrogen-bond acceptors (Lipinski definition) is 9. The van der Waals surface area contributed by atoms with E-state index >= 15 is 0 Å². The molecule has 0 aliphatic rings. The zero-order valence-corrected chi connectivity index (χ0v) is 23.1. The van der Waals surface area contributed by atoms with E-state index in [2.05, 4.69) is 47.5 Å². The highest BCUT2D eigenvalue weighted by Crippen LogP contribution is 2.02. The minimum atomic E-state index is -0.481. The Bertz CT molecular complexity index is 707. The molecule has 0 spiro atoms. The van der Waals surface area contributed by atoms with Gasteiger partial charge in [0.25, 0.3) is 0 Å². The Morgan fingerprint density at radius 2 is 1.14 bits per heavy atom. The van der Waals surface area contributed by atoms with Crippen LogP contribution in [0.2, 0.25) is 0 Å². The van der Waals surface area contributed by atoms with Crippen LogP contribution < -0.4 is 0 Å². The predicted molar refractivity (Wildman–Crippen MR) is 144 cm³/mol. The SMILES string of the molecule is C=C(C)C(=O)OC.C=CC(=O)OCCC#N.C=CC(=O)OCCCC.C=CC(=O)OCCCCCCC. The van der Waals surface area contributed by atoms with Gasteiger partial charge in [-0.25, -0.2) is 19.2 Å². The van der Waals surface area contributed by atoms with E-state index in [1.54, 1.807) is 6.92 Å². The molecule has 0 aliphatic carbocycles. The van der Waals surface area contributed by atoms with Gasteiger partial charge in [0.1, 0.15) is 6.61 Å². The standard InChI is InChI=1S/C10H18O2.C7H12O2.C6H7NO2.C5H8O2/c1-3-5-6-7-8-9-12-10(11)4-2;1-3-5-6-9-7(8)4-2;1-2-6(8)9-5-3-4-7;1-4(2)5(6)7-3/h4H,2-3,5-9H2,1H3;4H,2-3,5-6H2,1H3;2H,1,3,5H2;1H2,2-3H3. The molecule has 0 amide bonds. The van der Waals surface area contributed by atoms with Crippen LogP contribution in [0.3, 0.4) is 0 Å². The van der Waals surface area contributed by atoms with Gasteiger partial charge in [0.05, 0.1) is 32.8 Å². The highest BCUT2D eigenvalue weighted by atomic mass is 16.5. The zero-order valence-electron chi connectivity index (χ0n) is 23.1. The molecule has 37 heavy (non-hydrogen) atoms. The van der Waals surface area contributed by atoms with Crippen molar-refractivity contribution in [2.75, 3.05) is 26.9 Å². The minimum Gasteiger partial charge on any atom is -0.466 e. The van der Waals surface area contributed by atoms with Crippen LogP contribution in [-0.4, -0.2) is 50.8 Å². The Labute approximate surface area is 222 Å². The average molecular weight is 524 g/mol. The van der Waals surface area contributed by atoms with Gasteiger partial charge in [0.2, 0.25) is 0 Å². The smallest absolute Gasteiger partial charge is 0.332 e. The Balaban J connectivity index is -0.000000200. The fraction of sp³-hybridized carbons (Fsp3) is 0.536. The van der Waals surface area contributed by atoms with Gasteiger partial charge in [-0.3, -0.25) is 0 Å². The topological polar surface area (TPSA) is 129 Å². The molecule has 0 aliphatic heterocycles. The summed E-state index contributed by atoms with van der Waals surface area (Å²) in [4.78, 5) is 41.3. The van der Waals surface area contributed by atoms with Crippen molar-refractivity contribution < 1.29 is 38.1 Å². The van der Waals surface area contributed by atoms with E-state index in [1.165, 1.54) is 38.5 Å². The number of esters is 4. The minimum absolute atomic E-state index is 0.154. The highest BCUT2D eigenvalue weighted by Gasteiger charge is 1.96. The lowest BCUT2D eigenvalue weighted by atomic mass is 10.2. The van der Waals surface area contributed by atoms with Crippen molar-refractivity contribution in [2.45, 2.75) is 72.1 Å². The number of carbonyl (C=O) groups is 4. The van der Waals surface area contributed by atoms with Crippen LogP contribution in [0.15, 0.2) is 50.1 Å². The van der Waals surface area contributed by atoms with Gasteiger partial charge in [-0.2, -0.15) is 5.26 Å². The summed E-state index contributed by atoms with van der Waals surface area (Å²) in [5.41, 5.74) is 0.433. The number of rotatable bonds is 15. The average Bonchev–Trinajstić information content (AvgIpc) is 2.90. The molecule has 0 rings (SSSR count). The summed E-state index contributed by atoms with van der Waals surface area (Å²) < 4.78 is 18.2. The lowest BCUT2D eigenvalue weighted by Crippen LogP contribution is -2.01. The molecule has 9 heteroatoms. The van der Waals surface area contributed by atoms with Crippen LogP contribution in [0.1, 0.15) is 72.1 Å². The summed E-state index contributed by atoms with van der Waals surface area (Å²) in [7, 11) is 1.33. The van der Waals surface area contributed by atoms with Crippen LogP contribution in [-0.2, 0) is 38.1 Å². The third kappa shape index (κ3) is 42.9. The van der Waals surface area contributed by atoms with E-state index in [9.17, 15) is 19.2 Å². The zero-order chi connectivity index (χ0) is 29.3. The lowest BCUT2D eigenvalue weighted by Gasteiger charge is -2.00. The fourth-order valence-electron chi connectivity index (χ4n) is 1.74. The van der Waals surface area contributed by atoms with Crippen molar-refractivity contribution in [1.82, 2.24) is 0 Å². The number of carbonyl (C=O) groups excluding carboxylic acids is 4. The Kier molecular flexibility index (Phi) is 37.8. The molecule has 9 nitrogen and oxygen atoms in total. The van der Waals surface area contributed by atoms with Crippen molar-refractivity contribution in [2.24, 2.45) is 0 Å². The van der Waals surface area contributed by atoms with Gasteiger partial charge in [-0.1, -0.05) is 72.3 Å². The molecular weight excluding hydrogens is 478 g/mol. The number of nitrogens with zero attached hydrogens (tertiary/aromatic N) is 1. The predicted octanol–water partition coefficient (Wildman–Crippen LogP) is 5.57. The number of ether oxygens (including phenoxy) is 4. The van der Waals surface area contributed by atoms with E-state index in [1.807, 2.05) is 13.0 Å². The van der Waals surface area contributed by atoms with Crippen molar-refractivity contribution in [1.29, 1.82) is 5.26 Å².